The van der Waals surface area contributed by atoms with Crippen LogP contribution in [0.15, 0.2) is 18.2 Å². The Labute approximate surface area is 220 Å². The van der Waals surface area contributed by atoms with Crippen LogP contribution in [0, 0.1) is 13.8 Å². The molecule has 208 valence electrons. The summed E-state index contributed by atoms with van der Waals surface area (Å²) in [6, 6.07) is 3.26. The predicted molar refractivity (Wildman–Crippen MR) is 140 cm³/mol. The summed E-state index contributed by atoms with van der Waals surface area (Å²) in [5.41, 5.74) is 1.52. The molecule has 0 saturated carbocycles. The SMILES string of the molecule is CCCCN(C(=O)C(CO)NC(=O)OC(C)(C)C)C(C(=O)NCCC(=O)OCC)c1cc(C)ccc1C. The fraction of sp³-hybridized carbons (Fsp3) is 0.630. The number of nitrogens with zero attached hydrogens (tertiary/aromatic N) is 1. The summed E-state index contributed by atoms with van der Waals surface area (Å²) in [6.07, 6.45) is 0.476. The van der Waals surface area contributed by atoms with Crippen molar-refractivity contribution in [3.63, 3.8) is 0 Å². The van der Waals surface area contributed by atoms with Gasteiger partial charge in [-0.2, -0.15) is 0 Å². The lowest BCUT2D eigenvalue weighted by Crippen LogP contribution is -2.54. The van der Waals surface area contributed by atoms with Crippen LogP contribution in [0.2, 0.25) is 0 Å². The van der Waals surface area contributed by atoms with Gasteiger partial charge in [0.1, 0.15) is 17.7 Å². The normalized spacial score (nSPS) is 12.8. The quantitative estimate of drug-likeness (QED) is 0.340. The first-order valence-corrected chi connectivity index (χ1v) is 12.8. The molecule has 0 aliphatic carbocycles. The molecule has 10 nitrogen and oxygen atoms in total. The van der Waals surface area contributed by atoms with Crippen molar-refractivity contribution in [1.82, 2.24) is 15.5 Å². The number of ether oxygens (including phenoxy) is 2. The summed E-state index contributed by atoms with van der Waals surface area (Å²) in [6.45, 7) is 12.3. The van der Waals surface area contributed by atoms with Crippen LogP contribution in [0.1, 0.15) is 76.6 Å². The zero-order chi connectivity index (χ0) is 28.2. The Hall–Kier alpha value is -3.14. The summed E-state index contributed by atoms with van der Waals surface area (Å²) in [4.78, 5) is 52.7. The van der Waals surface area contributed by atoms with Gasteiger partial charge in [-0.3, -0.25) is 14.4 Å². The third kappa shape index (κ3) is 10.8. The number of amides is 3. The van der Waals surface area contributed by atoms with Crippen molar-refractivity contribution in [3.05, 3.63) is 34.9 Å². The number of aliphatic hydroxyl groups excluding tert-OH is 1. The molecule has 2 atom stereocenters. The zero-order valence-corrected chi connectivity index (χ0v) is 23.2. The Bertz CT molecular complexity index is 927. The molecule has 1 aromatic carbocycles. The van der Waals surface area contributed by atoms with Gasteiger partial charge in [0.05, 0.1) is 19.6 Å². The molecule has 0 aromatic heterocycles. The molecule has 2 unspecified atom stereocenters. The predicted octanol–water partition coefficient (Wildman–Crippen LogP) is 2.93. The first-order valence-electron chi connectivity index (χ1n) is 12.8. The van der Waals surface area contributed by atoms with Gasteiger partial charge in [0.2, 0.25) is 11.8 Å². The number of aliphatic hydroxyl groups is 1. The molecule has 0 bridgehead atoms. The van der Waals surface area contributed by atoms with E-state index in [0.29, 0.717) is 12.0 Å². The highest BCUT2D eigenvalue weighted by atomic mass is 16.6. The van der Waals surface area contributed by atoms with E-state index in [4.69, 9.17) is 9.47 Å². The van der Waals surface area contributed by atoms with Crippen LogP contribution in [0.25, 0.3) is 0 Å². The maximum absolute atomic E-state index is 13.7. The molecule has 1 aromatic rings. The topological polar surface area (TPSA) is 134 Å². The van der Waals surface area contributed by atoms with Crippen LogP contribution in [0.5, 0.6) is 0 Å². The monoisotopic (exact) mass is 521 g/mol. The molecule has 3 N–H and O–H groups in total. The Morgan fingerprint density at radius 2 is 1.78 bits per heavy atom. The van der Waals surface area contributed by atoms with E-state index >= 15 is 0 Å². The first kappa shape index (κ1) is 31.9. The van der Waals surface area contributed by atoms with E-state index in [1.54, 1.807) is 27.7 Å². The van der Waals surface area contributed by atoms with Crippen molar-refractivity contribution < 1.29 is 33.8 Å². The fourth-order valence-corrected chi connectivity index (χ4v) is 3.65. The highest BCUT2D eigenvalue weighted by Gasteiger charge is 2.36. The number of alkyl carbamates (subject to hydrolysis) is 1. The van der Waals surface area contributed by atoms with E-state index in [9.17, 15) is 24.3 Å². The van der Waals surface area contributed by atoms with Gasteiger partial charge >= 0.3 is 12.1 Å². The number of unbranched alkanes of at least 4 members (excludes halogenated alkanes) is 1. The minimum absolute atomic E-state index is 0.0124. The van der Waals surface area contributed by atoms with E-state index in [0.717, 1.165) is 17.5 Å². The van der Waals surface area contributed by atoms with Crippen molar-refractivity contribution >= 4 is 23.9 Å². The smallest absolute Gasteiger partial charge is 0.408 e. The third-order valence-electron chi connectivity index (χ3n) is 5.43. The molecular weight excluding hydrogens is 478 g/mol. The summed E-state index contributed by atoms with van der Waals surface area (Å²) < 4.78 is 10.2. The highest BCUT2D eigenvalue weighted by Crippen LogP contribution is 2.27. The minimum atomic E-state index is -1.31. The average molecular weight is 522 g/mol. The standard InChI is InChI=1S/C27H43N3O7/c1-8-10-15-30(25(34)21(17-31)29-26(35)37-27(5,6)7)23(20-16-18(3)11-12-19(20)4)24(33)28-14-13-22(32)36-9-2/h11-12,16,21,23,31H,8-10,13-15,17H2,1-7H3,(H,28,33)(H,29,35). The molecule has 0 fully saturated rings. The molecule has 0 saturated heterocycles. The summed E-state index contributed by atoms with van der Waals surface area (Å²) in [5, 5.41) is 15.2. The van der Waals surface area contributed by atoms with Gasteiger partial charge in [0, 0.05) is 13.1 Å². The van der Waals surface area contributed by atoms with Crippen LogP contribution in [-0.4, -0.2) is 71.8 Å². The number of carbonyl (C=O) groups excluding carboxylic acids is 4. The lowest BCUT2D eigenvalue weighted by molar-refractivity contribution is -0.144. The van der Waals surface area contributed by atoms with Gasteiger partial charge < -0.3 is 30.1 Å². The first-order chi connectivity index (χ1) is 17.3. The van der Waals surface area contributed by atoms with Crippen molar-refractivity contribution in [2.75, 3.05) is 26.3 Å². The number of hydrogen-bond donors (Lipinski definition) is 3. The summed E-state index contributed by atoms with van der Waals surface area (Å²) >= 11 is 0. The molecule has 0 aliphatic heterocycles. The van der Waals surface area contributed by atoms with Crippen molar-refractivity contribution in [1.29, 1.82) is 0 Å². The highest BCUT2D eigenvalue weighted by molar-refractivity contribution is 5.92. The fourth-order valence-electron chi connectivity index (χ4n) is 3.65. The van der Waals surface area contributed by atoms with Gasteiger partial charge in [0.25, 0.3) is 0 Å². The van der Waals surface area contributed by atoms with Gasteiger partial charge in [-0.05, 0) is 59.1 Å². The van der Waals surface area contributed by atoms with E-state index in [1.807, 2.05) is 39.0 Å². The molecule has 3 amide bonds. The zero-order valence-electron chi connectivity index (χ0n) is 23.2. The van der Waals surface area contributed by atoms with Crippen molar-refractivity contribution in [3.8, 4) is 0 Å². The molecular formula is C27H43N3O7. The number of aryl methyl sites for hydroxylation is 2. The lowest BCUT2D eigenvalue weighted by Gasteiger charge is -2.35. The van der Waals surface area contributed by atoms with Crippen molar-refractivity contribution in [2.45, 2.75) is 85.4 Å². The lowest BCUT2D eigenvalue weighted by atomic mass is 9.96. The van der Waals surface area contributed by atoms with E-state index in [1.165, 1.54) is 4.90 Å². The maximum Gasteiger partial charge on any atom is 0.408 e. The number of rotatable bonds is 13. The average Bonchev–Trinajstić information content (AvgIpc) is 2.80. The summed E-state index contributed by atoms with van der Waals surface area (Å²) in [7, 11) is 0. The Morgan fingerprint density at radius 1 is 1.11 bits per heavy atom. The second kappa shape index (κ2) is 15.2. The van der Waals surface area contributed by atoms with Gasteiger partial charge in [-0.1, -0.05) is 37.1 Å². The Balaban J connectivity index is 3.37. The molecule has 0 spiro atoms. The molecule has 1 rings (SSSR count). The number of carbonyl (C=O) groups is 4. The van der Waals surface area contributed by atoms with Crippen LogP contribution >= 0.6 is 0 Å². The van der Waals surface area contributed by atoms with E-state index < -0.39 is 48.2 Å². The molecule has 10 heteroatoms. The Kier molecular flexibility index (Phi) is 13.1. The number of esters is 1. The second-order valence-electron chi connectivity index (χ2n) is 9.88. The van der Waals surface area contributed by atoms with E-state index in [2.05, 4.69) is 10.6 Å². The molecule has 0 radical (unpaired) electrons. The van der Waals surface area contributed by atoms with Gasteiger partial charge in [-0.15, -0.1) is 0 Å². The largest absolute Gasteiger partial charge is 0.466 e. The number of benzene rings is 1. The van der Waals surface area contributed by atoms with Crippen LogP contribution in [0.4, 0.5) is 4.79 Å². The van der Waals surface area contributed by atoms with Crippen molar-refractivity contribution in [2.24, 2.45) is 0 Å². The number of nitrogens with one attached hydrogen (secondary N) is 2. The van der Waals surface area contributed by atoms with E-state index in [-0.39, 0.29) is 26.1 Å². The maximum atomic E-state index is 13.7. The van der Waals surface area contributed by atoms with Gasteiger partial charge in [-0.25, -0.2) is 4.79 Å². The van der Waals surface area contributed by atoms with Crippen LogP contribution in [-0.2, 0) is 23.9 Å². The minimum Gasteiger partial charge on any atom is -0.466 e. The Morgan fingerprint density at radius 3 is 2.35 bits per heavy atom. The second-order valence-corrected chi connectivity index (χ2v) is 9.88. The van der Waals surface area contributed by atoms with Crippen LogP contribution < -0.4 is 10.6 Å². The third-order valence-corrected chi connectivity index (χ3v) is 5.43. The molecule has 0 aliphatic rings. The summed E-state index contributed by atoms with van der Waals surface area (Å²) in [5.74, 6) is -1.53. The number of hydrogen-bond acceptors (Lipinski definition) is 7. The molecule has 0 heterocycles. The van der Waals surface area contributed by atoms with Gasteiger partial charge in [0.15, 0.2) is 0 Å². The van der Waals surface area contributed by atoms with Crippen LogP contribution in [0.3, 0.4) is 0 Å². The molecule has 37 heavy (non-hydrogen) atoms.